The number of thioether (sulfide) groups is 1. The van der Waals surface area contributed by atoms with Gasteiger partial charge in [0.1, 0.15) is 0 Å². The first kappa shape index (κ1) is 10.4. The van der Waals surface area contributed by atoms with Gasteiger partial charge in [0.2, 0.25) is 9.05 Å². The molecule has 0 aromatic rings. The second kappa shape index (κ2) is 4.53. The van der Waals surface area contributed by atoms with Crippen LogP contribution in [0.1, 0.15) is 12.8 Å². The van der Waals surface area contributed by atoms with Gasteiger partial charge in [0.05, 0.1) is 5.75 Å². The summed E-state index contributed by atoms with van der Waals surface area (Å²) in [6, 6.07) is 0. The molecule has 70 valence electrons. The average molecular weight is 227 g/mol. The lowest BCUT2D eigenvalue weighted by Crippen LogP contribution is -2.01. The van der Waals surface area contributed by atoms with Crippen LogP contribution in [0, 0.1) is 0 Å². The van der Waals surface area contributed by atoms with E-state index in [0.29, 0.717) is 0 Å². The van der Waals surface area contributed by atoms with E-state index in [0.717, 1.165) is 18.6 Å². The Kier molecular flexibility index (Phi) is 3.93. The minimum absolute atomic E-state index is 0.0234. The maximum absolute atomic E-state index is 10.6. The highest BCUT2D eigenvalue weighted by Crippen LogP contribution is 2.21. The lowest BCUT2D eigenvalue weighted by Gasteiger charge is -2.12. The summed E-state index contributed by atoms with van der Waals surface area (Å²) >= 11 is 1.85. The van der Waals surface area contributed by atoms with Crippen LogP contribution < -0.4 is 0 Å². The molecule has 0 unspecified atom stereocenters. The Morgan fingerprint density at radius 2 is 2.33 bits per heavy atom. The van der Waals surface area contributed by atoms with Crippen molar-refractivity contribution in [3.63, 3.8) is 0 Å². The monoisotopic (exact) mass is 226 g/mol. The third-order valence-corrected chi connectivity index (χ3v) is 3.74. The molecule has 0 radical (unpaired) electrons. The van der Waals surface area contributed by atoms with Crippen LogP contribution in [0.15, 0.2) is 11.6 Å². The highest BCUT2D eigenvalue weighted by Gasteiger charge is 2.07. The first-order valence-electron chi connectivity index (χ1n) is 3.76. The molecule has 5 heteroatoms. The highest BCUT2D eigenvalue weighted by molar-refractivity contribution is 8.13. The summed E-state index contributed by atoms with van der Waals surface area (Å²) in [6.45, 7) is 0. The van der Waals surface area contributed by atoms with Crippen molar-refractivity contribution < 1.29 is 8.42 Å². The largest absolute Gasteiger partial charge is 0.236 e. The molecule has 0 aromatic carbocycles. The van der Waals surface area contributed by atoms with E-state index in [1.54, 1.807) is 6.08 Å². The number of rotatable bonds is 2. The summed E-state index contributed by atoms with van der Waals surface area (Å²) in [6.07, 6.45) is 3.92. The molecule has 0 amide bonds. The molecule has 0 aromatic heterocycles. The predicted molar refractivity (Wildman–Crippen MR) is 54.3 cm³/mol. The third-order valence-electron chi connectivity index (χ3n) is 1.65. The Balaban J connectivity index is 2.45. The topological polar surface area (TPSA) is 34.1 Å². The van der Waals surface area contributed by atoms with Crippen LogP contribution in [0.2, 0.25) is 0 Å². The molecular weight excluding hydrogens is 216 g/mol. The maximum atomic E-state index is 10.6. The van der Waals surface area contributed by atoms with Gasteiger partial charge in [-0.2, -0.15) is 11.8 Å². The van der Waals surface area contributed by atoms with Crippen molar-refractivity contribution in [2.45, 2.75) is 12.8 Å². The van der Waals surface area contributed by atoms with Crippen molar-refractivity contribution in [3.05, 3.63) is 11.6 Å². The molecule has 1 aliphatic rings. The van der Waals surface area contributed by atoms with Gasteiger partial charge >= 0.3 is 0 Å². The fourth-order valence-electron chi connectivity index (χ4n) is 1.06. The standard InChI is InChI=1S/C7H11ClO2S2/c8-12(9,10)5-3-7-2-1-4-11-6-7/h3H,1-2,4-6H2/b7-3+. The number of hydrogen-bond acceptors (Lipinski definition) is 3. The second-order valence-electron chi connectivity index (χ2n) is 2.72. The van der Waals surface area contributed by atoms with Crippen molar-refractivity contribution in [2.24, 2.45) is 0 Å². The zero-order valence-electron chi connectivity index (χ0n) is 6.62. The smallest absolute Gasteiger partial charge is 0.212 e. The van der Waals surface area contributed by atoms with Crippen LogP contribution in [-0.4, -0.2) is 25.7 Å². The fourth-order valence-corrected chi connectivity index (χ4v) is 2.70. The van der Waals surface area contributed by atoms with Crippen LogP contribution >= 0.6 is 22.4 Å². The van der Waals surface area contributed by atoms with Crippen molar-refractivity contribution >= 4 is 31.5 Å². The molecule has 12 heavy (non-hydrogen) atoms. The molecule has 1 heterocycles. The average Bonchev–Trinajstić information content (AvgIpc) is 2.02. The summed E-state index contributed by atoms with van der Waals surface area (Å²) in [4.78, 5) is 0. The Bertz CT molecular complexity index is 261. The molecule has 0 saturated carbocycles. The molecule has 0 bridgehead atoms. The van der Waals surface area contributed by atoms with Gasteiger partial charge in [-0.25, -0.2) is 8.42 Å². The molecule has 0 atom stereocenters. The van der Waals surface area contributed by atoms with E-state index in [1.807, 2.05) is 11.8 Å². The number of hydrogen-bond donors (Lipinski definition) is 0. The highest BCUT2D eigenvalue weighted by atomic mass is 35.7. The first-order valence-corrected chi connectivity index (χ1v) is 7.39. The van der Waals surface area contributed by atoms with E-state index >= 15 is 0 Å². The van der Waals surface area contributed by atoms with Gasteiger partial charge in [0, 0.05) is 16.4 Å². The fraction of sp³-hybridized carbons (Fsp3) is 0.714. The van der Waals surface area contributed by atoms with E-state index in [9.17, 15) is 8.42 Å². The minimum Gasteiger partial charge on any atom is -0.212 e. The van der Waals surface area contributed by atoms with Gasteiger partial charge in [-0.05, 0) is 18.6 Å². The quantitative estimate of drug-likeness (QED) is 0.534. The summed E-state index contributed by atoms with van der Waals surface area (Å²) in [5.74, 6) is 2.13. The van der Waals surface area contributed by atoms with Crippen molar-refractivity contribution in [3.8, 4) is 0 Å². The summed E-state index contributed by atoms with van der Waals surface area (Å²) in [5, 5.41) is 0. The van der Waals surface area contributed by atoms with Gasteiger partial charge < -0.3 is 0 Å². The zero-order valence-corrected chi connectivity index (χ0v) is 9.01. The molecule has 0 aliphatic carbocycles. The Labute approximate surface area is 81.8 Å². The van der Waals surface area contributed by atoms with Crippen LogP contribution in [0.3, 0.4) is 0 Å². The van der Waals surface area contributed by atoms with Crippen LogP contribution in [-0.2, 0) is 9.05 Å². The van der Waals surface area contributed by atoms with Gasteiger partial charge in [-0.1, -0.05) is 11.6 Å². The van der Waals surface area contributed by atoms with E-state index < -0.39 is 9.05 Å². The normalized spacial score (nSPS) is 22.9. The summed E-state index contributed by atoms with van der Waals surface area (Å²) in [5.41, 5.74) is 1.22. The summed E-state index contributed by atoms with van der Waals surface area (Å²) in [7, 11) is 1.74. The van der Waals surface area contributed by atoms with Gasteiger partial charge in [0.15, 0.2) is 0 Å². The number of halogens is 1. The summed E-state index contributed by atoms with van der Waals surface area (Å²) < 4.78 is 21.2. The minimum atomic E-state index is -3.34. The van der Waals surface area contributed by atoms with Crippen LogP contribution in [0.25, 0.3) is 0 Å². The first-order chi connectivity index (χ1) is 5.58. The van der Waals surface area contributed by atoms with E-state index in [2.05, 4.69) is 0 Å². The second-order valence-corrected chi connectivity index (χ2v) is 6.65. The van der Waals surface area contributed by atoms with Gasteiger partial charge in [-0.3, -0.25) is 0 Å². The molecule has 1 fully saturated rings. The molecule has 1 saturated heterocycles. The van der Waals surface area contributed by atoms with E-state index in [1.165, 1.54) is 11.3 Å². The van der Waals surface area contributed by atoms with Crippen LogP contribution in [0.5, 0.6) is 0 Å². The predicted octanol–water partition coefficient (Wildman–Crippen LogP) is 2.01. The van der Waals surface area contributed by atoms with Gasteiger partial charge in [0.25, 0.3) is 0 Å². The Morgan fingerprint density at radius 3 is 2.83 bits per heavy atom. The van der Waals surface area contributed by atoms with Crippen molar-refractivity contribution in [1.29, 1.82) is 0 Å². The molecule has 1 aliphatic heterocycles. The molecule has 0 spiro atoms. The van der Waals surface area contributed by atoms with E-state index in [-0.39, 0.29) is 5.75 Å². The lowest BCUT2D eigenvalue weighted by molar-refractivity contribution is 0.612. The van der Waals surface area contributed by atoms with Gasteiger partial charge in [-0.15, -0.1) is 0 Å². The maximum Gasteiger partial charge on any atom is 0.236 e. The SMILES string of the molecule is O=S(=O)(Cl)C/C=C1\CCCSC1. The third kappa shape index (κ3) is 4.38. The van der Waals surface area contributed by atoms with E-state index in [4.69, 9.17) is 10.7 Å². The van der Waals surface area contributed by atoms with Crippen molar-refractivity contribution in [1.82, 2.24) is 0 Å². The van der Waals surface area contributed by atoms with Crippen molar-refractivity contribution in [2.75, 3.05) is 17.3 Å². The van der Waals surface area contributed by atoms with Crippen LogP contribution in [0.4, 0.5) is 0 Å². The molecule has 2 nitrogen and oxygen atoms in total. The Morgan fingerprint density at radius 1 is 1.58 bits per heavy atom. The zero-order chi connectivity index (χ0) is 9.03. The lowest BCUT2D eigenvalue weighted by atomic mass is 10.2. The Hall–Kier alpha value is 0.330. The molecular formula is C7H11ClO2S2. The molecule has 1 rings (SSSR count). The molecule has 0 N–H and O–H groups in total.